The zero-order chi connectivity index (χ0) is 20.7. The van der Waals surface area contributed by atoms with Gasteiger partial charge in [-0.3, -0.25) is 4.79 Å². The van der Waals surface area contributed by atoms with Crippen LogP contribution < -0.4 is 0 Å². The van der Waals surface area contributed by atoms with Gasteiger partial charge < -0.3 is 4.74 Å². The Hall–Kier alpha value is -2.44. The third-order valence-corrected chi connectivity index (χ3v) is 5.61. The van der Waals surface area contributed by atoms with Crippen molar-refractivity contribution in [2.75, 3.05) is 6.61 Å². The molecular weight excluding hydrogens is 413 g/mol. The number of halogens is 2. The number of fused-ring (bicyclic) bond motifs is 1. The normalized spacial score (nSPS) is 13.8. The van der Waals surface area contributed by atoms with E-state index in [1.165, 1.54) is 12.1 Å². The molecule has 29 heavy (non-hydrogen) atoms. The number of hydrogen-bond acceptors (Lipinski definition) is 5. The molecule has 8 heteroatoms. The molecule has 0 spiro atoms. The van der Waals surface area contributed by atoms with E-state index in [1.807, 2.05) is 13.8 Å². The highest BCUT2D eigenvalue weighted by Crippen LogP contribution is 2.40. The summed E-state index contributed by atoms with van der Waals surface area (Å²) in [5.41, 5.74) is 2.24. The molecule has 3 aromatic rings. The lowest BCUT2D eigenvalue weighted by atomic mass is 10.1. The molecule has 1 aliphatic carbocycles. The van der Waals surface area contributed by atoms with Gasteiger partial charge in [-0.15, -0.1) is 0 Å². The summed E-state index contributed by atoms with van der Waals surface area (Å²) in [6.45, 7) is 3.62. The summed E-state index contributed by atoms with van der Waals surface area (Å²) in [6.07, 6.45) is 3.73. The Bertz CT molecular complexity index is 1120. The van der Waals surface area contributed by atoms with Crippen LogP contribution in [-0.2, 0) is 4.74 Å². The maximum Gasteiger partial charge on any atom is 0.339 e. The Labute approximate surface area is 177 Å². The second-order valence-corrected chi connectivity index (χ2v) is 8.23. The summed E-state index contributed by atoms with van der Waals surface area (Å²) in [5.74, 6) is -0.571. The van der Waals surface area contributed by atoms with Crippen molar-refractivity contribution in [3.8, 4) is 0 Å². The van der Waals surface area contributed by atoms with Crippen LogP contribution >= 0.6 is 23.2 Å². The molecule has 150 valence electrons. The van der Waals surface area contributed by atoms with E-state index < -0.39 is 12.6 Å². The maximum absolute atomic E-state index is 12.8. The molecule has 0 aliphatic heterocycles. The minimum absolute atomic E-state index is 0.106. The first kappa shape index (κ1) is 19.9. The van der Waals surface area contributed by atoms with Crippen molar-refractivity contribution < 1.29 is 14.3 Å². The van der Waals surface area contributed by atoms with Gasteiger partial charge >= 0.3 is 5.97 Å². The van der Waals surface area contributed by atoms with Gasteiger partial charge in [0.15, 0.2) is 18.0 Å². The Balaban J connectivity index is 1.59. The fourth-order valence-corrected chi connectivity index (χ4v) is 3.43. The predicted molar refractivity (Wildman–Crippen MR) is 111 cm³/mol. The number of aromatic nitrogens is 3. The first-order valence-electron chi connectivity index (χ1n) is 9.38. The fraction of sp³-hybridized carbons (Fsp3) is 0.333. The molecular formula is C21H19Cl2N3O3. The molecule has 0 bridgehead atoms. The minimum atomic E-state index is -0.573. The molecule has 1 fully saturated rings. The summed E-state index contributed by atoms with van der Waals surface area (Å²) in [5, 5.41) is 5.62. The summed E-state index contributed by atoms with van der Waals surface area (Å²) in [7, 11) is 0. The average molecular weight is 432 g/mol. The van der Waals surface area contributed by atoms with Crippen LogP contribution in [0, 0.1) is 0 Å². The molecule has 4 rings (SSSR count). The van der Waals surface area contributed by atoms with E-state index in [0.29, 0.717) is 33.1 Å². The number of rotatable bonds is 6. The molecule has 1 aromatic carbocycles. The second kappa shape index (κ2) is 7.76. The lowest BCUT2D eigenvalue weighted by molar-refractivity contribution is 0.0476. The lowest BCUT2D eigenvalue weighted by Crippen LogP contribution is -2.15. The number of hydrogen-bond donors (Lipinski definition) is 0. The molecule has 0 amide bonds. The van der Waals surface area contributed by atoms with Crippen LogP contribution in [0.5, 0.6) is 0 Å². The van der Waals surface area contributed by atoms with Gasteiger partial charge in [-0.05, 0) is 51.0 Å². The van der Waals surface area contributed by atoms with Crippen molar-refractivity contribution in [1.29, 1.82) is 0 Å². The van der Waals surface area contributed by atoms with E-state index >= 15 is 0 Å². The molecule has 0 unspecified atom stereocenters. The van der Waals surface area contributed by atoms with Crippen LogP contribution in [0.4, 0.5) is 0 Å². The highest BCUT2D eigenvalue weighted by Gasteiger charge is 2.28. The van der Waals surface area contributed by atoms with Crippen molar-refractivity contribution in [3.05, 3.63) is 57.3 Å². The summed E-state index contributed by atoms with van der Waals surface area (Å²) >= 11 is 11.8. The van der Waals surface area contributed by atoms with E-state index in [-0.39, 0.29) is 16.8 Å². The van der Waals surface area contributed by atoms with Gasteiger partial charge in [-0.25, -0.2) is 14.5 Å². The van der Waals surface area contributed by atoms with Crippen molar-refractivity contribution in [2.24, 2.45) is 0 Å². The average Bonchev–Trinajstić information content (AvgIpc) is 3.45. The molecule has 0 saturated heterocycles. The molecule has 0 radical (unpaired) electrons. The topological polar surface area (TPSA) is 74.1 Å². The zero-order valence-corrected chi connectivity index (χ0v) is 17.5. The van der Waals surface area contributed by atoms with Crippen LogP contribution in [0.2, 0.25) is 10.0 Å². The van der Waals surface area contributed by atoms with Crippen molar-refractivity contribution in [3.63, 3.8) is 0 Å². The Morgan fingerprint density at radius 1 is 1.21 bits per heavy atom. The number of benzene rings is 1. The van der Waals surface area contributed by atoms with Gasteiger partial charge in [-0.2, -0.15) is 5.10 Å². The zero-order valence-electron chi connectivity index (χ0n) is 16.0. The van der Waals surface area contributed by atoms with Crippen LogP contribution in [0.15, 0.2) is 30.5 Å². The number of nitrogens with zero attached hydrogens (tertiary/aromatic N) is 3. The number of carbonyl (C=O) groups excluding carboxylic acids is 2. The quantitative estimate of drug-likeness (QED) is 0.394. The smallest absolute Gasteiger partial charge is 0.339 e. The van der Waals surface area contributed by atoms with E-state index in [9.17, 15) is 9.59 Å². The summed E-state index contributed by atoms with van der Waals surface area (Å²) in [4.78, 5) is 29.9. The number of carbonyl (C=O) groups is 2. The van der Waals surface area contributed by atoms with Gasteiger partial charge in [0.25, 0.3) is 0 Å². The van der Waals surface area contributed by atoms with Gasteiger partial charge in [-0.1, -0.05) is 23.2 Å². The number of pyridine rings is 1. The van der Waals surface area contributed by atoms with Crippen molar-refractivity contribution in [1.82, 2.24) is 14.8 Å². The molecule has 6 nitrogen and oxygen atoms in total. The van der Waals surface area contributed by atoms with Crippen LogP contribution in [0.25, 0.3) is 11.0 Å². The van der Waals surface area contributed by atoms with E-state index in [4.69, 9.17) is 32.9 Å². The monoisotopic (exact) mass is 431 g/mol. The van der Waals surface area contributed by atoms with E-state index in [2.05, 4.69) is 5.10 Å². The first-order valence-corrected chi connectivity index (χ1v) is 10.1. The predicted octanol–water partition coefficient (Wildman–Crippen LogP) is 5.24. The standard InChI is InChI=1S/C21H19Cl2N3O3/c1-11(2)26-20-15(9-24-26)14(8-18(25-20)12-3-4-12)21(28)29-10-19(27)13-5-6-16(22)17(23)7-13/h5-9,11-12H,3-4,10H2,1-2H3. The fourth-order valence-electron chi connectivity index (χ4n) is 3.13. The minimum Gasteiger partial charge on any atom is -0.454 e. The Kier molecular flexibility index (Phi) is 5.32. The van der Waals surface area contributed by atoms with Crippen LogP contribution in [0.1, 0.15) is 65.1 Å². The van der Waals surface area contributed by atoms with Crippen LogP contribution in [0.3, 0.4) is 0 Å². The highest BCUT2D eigenvalue weighted by molar-refractivity contribution is 6.42. The van der Waals surface area contributed by atoms with E-state index in [1.54, 1.807) is 23.0 Å². The molecule has 1 saturated carbocycles. The van der Waals surface area contributed by atoms with Crippen molar-refractivity contribution in [2.45, 2.75) is 38.6 Å². The molecule has 0 atom stereocenters. The van der Waals surface area contributed by atoms with Gasteiger partial charge in [0, 0.05) is 23.2 Å². The van der Waals surface area contributed by atoms with Gasteiger partial charge in [0.2, 0.25) is 0 Å². The Morgan fingerprint density at radius 2 is 1.97 bits per heavy atom. The first-order chi connectivity index (χ1) is 13.8. The number of ether oxygens (including phenoxy) is 1. The molecule has 0 N–H and O–H groups in total. The second-order valence-electron chi connectivity index (χ2n) is 7.42. The third kappa shape index (κ3) is 4.00. The lowest BCUT2D eigenvalue weighted by Gasteiger charge is -2.10. The SMILES string of the molecule is CC(C)n1ncc2c(C(=O)OCC(=O)c3ccc(Cl)c(Cl)c3)cc(C3CC3)nc21. The highest BCUT2D eigenvalue weighted by atomic mass is 35.5. The number of Topliss-reactive ketones (excluding diaryl/α,β-unsaturated/α-hetero) is 1. The largest absolute Gasteiger partial charge is 0.454 e. The molecule has 2 aromatic heterocycles. The summed E-state index contributed by atoms with van der Waals surface area (Å²) in [6, 6.07) is 6.41. The van der Waals surface area contributed by atoms with Gasteiger partial charge in [0.1, 0.15) is 0 Å². The maximum atomic E-state index is 12.8. The molecule has 2 heterocycles. The third-order valence-electron chi connectivity index (χ3n) is 4.87. The van der Waals surface area contributed by atoms with Crippen molar-refractivity contribution >= 4 is 46.0 Å². The summed E-state index contributed by atoms with van der Waals surface area (Å²) < 4.78 is 7.11. The number of esters is 1. The Morgan fingerprint density at radius 3 is 2.62 bits per heavy atom. The van der Waals surface area contributed by atoms with E-state index in [0.717, 1.165) is 18.5 Å². The number of ketones is 1. The molecule has 1 aliphatic rings. The van der Waals surface area contributed by atoms with Crippen LogP contribution in [-0.4, -0.2) is 33.1 Å². The van der Waals surface area contributed by atoms with Gasteiger partial charge in [0.05, 0.1) is 27.2 Å².